The maximum atomic E-state index is 2.51. The van der Waals surface area contributed by atoms with E-state index >= 15 is 0 Å². The molecule has 0 unspecified atom stereocenters. The van der Waals surface area contributed by atoms with Gasteiger partial charge in [0.25, 0.3) is 0 Å². The van der Waals surface area contributed by atoms with Gasteiger partial charge in [0.2, 0.25) is 0 Å². The third-order valence-electron chi connectivity index (χ3n) is 16.7. The lowest BCUT2D eigenvalue weighted by molar-refractivity contribution is 0.659. The van der Waals surface area contributed by atoms with Crippen LogP contribution in [-0.2, 0) is 10.8 Å². The van der Waals surface area contributed by atoms with E-state index in [0.29, 0.717) is 0 Å². The van der Waals surface area contributed by atoms with Crippen LogP contribution in [0.1, 0.15) is 61.1 Å². The van der Waals surface area contributed by atoms with Crippen LogP contribution in [0.15, 0.2) is 206 Å². The van der Waals surface area contributed by atoms with E-state index in [9.17, 15) is 0 Å². The van der Waals surface area contributed by atoms with Gasteiger partial charge in [0.15, 0.2) is 0 Å². The zero-order valence-corrected chi connectivity index (χ0v) is 40.6. The van der Waals surface area contributed by atoms with E-state index in [1.54, 1.807) is 0 Å². The molecule has 2 aliphatic carbocycles. The Balaban J connectivity index is 0.946. The first-order valence-electron chi connectivity index (χ1n) is 25.0. The Kier molecular flexibility index (Phi) is 8.62. The molecule has 0 N–H and O–H groups in total. The van der Waals surface area contributed by atoms with Crippen molar-refractivity contribution in [2.24, 2.45) is 0 Å². The molecular weight excluding hydrogens is 841 g/mol. The van der Waals surface area contributed by atoms with Gasteiger partial charge in [-0.25, -0.2) is 0 Å². The Morgan fingerprint density at radius 3 is 1.17 bits per heavy atom. The first-order valence-corrected chi connectivity index (χ1v) is 25.0. The molecule has 12 aromatic rings. The number of aryl methyl sites for hydroxylation is 2. The normalized spacial score (nSPS) is 14.1. The summed E-state index contributed by atoms with van der Waals surface area (Å²) in [5.74, 6) is 0. The van der Waals surface area contributed by atoms with Crippen molar-refractivity contribution in [2.75, 3.05) is 0 Å². The third-order valence-corrected chi connectivity index (χ3v) is 16.7. The fourth-order valence-corrected chi connectivity index (χ4v) is 13.0. The van der Waals surface area contributed by atoms with Gasteiger partial charge in [0.05, 0.1) is 0 Å². The SMILES string of the molecule is Cc1ccc2ccccc2c1-c1cc2c3ccc(-c4ccc5c(c4)C(C)(C)c4cc(-c6ccc7c(c6)C(C)(C)c6ccccc6-7)ccc4-5)cc3c(-c3c(C)ccc4ccccc34)cc2c2ccccc12. The predicted molar refractivity (Wildman–Crippen MR) is 300 cm³/mol. The van der Waals surface area contributed by atoms with E-state index < -0.39 is 0 Å². The molecule has 0 radical (unpaired) electrons. The van der Waals surface area contributed by atoms with E-state index in [2.05, 4.69) is 248 Å². The fraction of sp³-hybridized carbons (Fsp3) is 0.114. The molecule has 70 heavy (non-hydrogen) atoms. The lowest BCUT2D eigenvalue weighted by atomic mass is 9.80. The summed E-state index contributed by atoms with van der Waals surface area (Å²) in [5.41, 5.74) is 23.6. The molecule has 0 saturated heterocycles. The first kappa shape index (κ1) is 41.0. The minimum Gasteiger partial charge on any atom is -0.0619 e. The molecule has 0 aliphatic heterocycles. The summed E-state index contributed by atoms with van der Waals surface area (Å²) in [6, 6.07) is 78.7. The van der Waals surface area contributed by atoms with E-state index in [0.717, 1.165) is 0 Å². The summed E-state index contributed by atoms with van der Waals surface area (Å²) < 4.78 is 0. The van der Waals surface area contributed by atoms with E-state index in [1.807, 2.05) is 0 Å². The topological polar surface area (TPSA) is 0 Å². The average Bonchev–Trinajstić information content (AvgIpc) is 3.76. The number of hydrogen-bond donors (Lipinski definition) is 0. The van der Waals surface area contributed by atoms with Crippen molar-refractivity contribution < 1.29 is 0 Å². The number of rotatable bonds is 4. The molecule has 0 bridgehead atoms. The summed E-state index contributed by atoms with van der Waals surface area (Å²) in [7, 11) is 0. The van der Waals surface area contributed by atoms with Crippen LogP contribution >= 0.6 is 0 Å². The van der Waals surface area contributed by atoms with Gasteiger partial charge < -0.3 is 0 Å². The van der Waals surface area contributed by atoms with Gasteiger partial charge in [-0.15, -0.1) is 0 Å². The molecule has 0 fully saturated rings. The van der Waals surface area contributed by atoms with E-state index in [1.165, 1.54) is 154 Å². The highest BCUT2D eigenvalue weighted by atomic mass is 14.4. The molecule has 0 spiro atoms. The minimum atomic E-state index is -0.182. The van der Waals surface area contributed by atoms with Crippen LogP contribution in [0.25, 0.3) is 121 Å². The highest BCUT2D eigenvalue weighted by Crippen LogP contribution is 2.53. The summed E-state index contributed by atoms with van der Waals surface area (Å²) >= 11 is 0. The van der Waals surface area contributed by atoms with Crippen LogP contribution in [-0.4, -0.2) is 0 Å². The molecule has 0 atom stereocenters. The summed E-state index contributed by atoms with van der Waals surface area (Å²) in [6.07, 6.45) is 0. The van der Waals surface area contributed by atoms with Crippen molar-refractivity contribution in [1.82, 2.24) is 0 Å². The average molecular weight is 893 g/mol. The molecule has 0 heterocycles. The number of fused-ring (bicyclic) bond motifs is 13. The molecule has 332 valence electrons. The maximum absolute atomic E-state index is 2.51. The molecule has 0 amide bonds. The maximum Gasteiger partial charge on any atom is 0.0159 e. The molecular formula is C70H52. The Hall–Kier alpha value is -8.06. The number of hydrogen-bond acceptors (Lipinski definition) is 0. The van der Waals surface area contributed by atoms with Crippen LogP contribution < -0.4 is 0 Å². The third kappa shape index (κ3) is 5.77. The number of benzene rings is 12. The molecule has 0 heteroatoms. The smallest absolute Gasteiger partial charge is 0.0159 e. The van der Waals surface area contributed by atoms with E-state index in [-0.39, 0.29) is 10.8 Å². The Labute approximate surface area is 410 Å². The van der Waals surface area contributed by atoms with Crippen molar-refractivity contribution in [2.45, 2.75) is 52.4 Å². The highest BCUT2D eigenvalue weighted by Gasteiger charge is 2.38. The van der Waals surface area contributed by atoms with Crippen LogP contribution in [0.2, 0.25) is 0 Å². The van der Waals surface area contributed by atoms with Crippen LogP contribution in [0.5, 0.6) is 0 Å². The second-order valence-electron chi connectivity index (χ2n) is 21.3. The van der Waals surface area contributed by atoms with E-state index in [4.69, 9.17) is 0 Å². The van der Waals surface area contributed by atoms with Crippen LogP contribution in [0.3, 0.4) is 0 Å². The summed E-state index contributed by atoms with van der Waals surface area (Å²) in [6.45, 7) is 14.1. The zero-order chi connectivity index (χ0) is 47.2. The lowest BCUT2D eigenvalue weighted by Crippen LogP contribution is -2.15. The molecule has 0 nitrogen and oxygen atoms in total. The van der Waals surface area contributed by atoms with Gasteiger partial charge in [-0.2, -0.15) is 0 Å². The van der Waals surface area contributed by atoms with Crippen molar-refractivity contribution in [3.8, 4) is 66.8 Å². The fourth-order valence-electron chi connectivity index (χ4n) is 13.0. The van der Waals surface area contributed by atoms with Crippen molar-refractivity contribution in [3.63, 3.8) is 0 Å². The molecule has 12 aromatic carbocycles. The standard InChI is InChI=1S/C70H52/c1-41-23-25-43-15-7-9-17-49(43)67(41)61-39-60-53-31-27-45(35-58(53)62(40-59(60)51-19-11-12-20-52(51)61)68-42(2)24-26-44-16-8-10-18-50(44)68)46-28-33-56-57-34-30-48(38-66(57)70(5,6)65(56)36-46)47-29-32-55-54-21-13-14-22-63(54)69(3,4)64(55)37-47/h7-40H,1-6H3. The van der Waals surface area contributed by atoms with Gasteiger partial charge in [-0.3, -0.25) is 0 Å². The van der Waals surface area contributed by atoms with Gasteiger partial charge in [-0.1, -0.05) is 198 Å². The molecule has 0 aromatic heterocycles. The Bertz CT molecular complexity index is 4250. The first-order chi connectivity index (χ1) is 34.0. The van der Waals surface area contributed by atoms with Crippen LogP contribution in [0.4, 0.5) is 0 Å². The summed E-state index contributed by atoms with van der Waals surface area (Å²) in [4.78, 5) is 0. The molecule has 0 saturated carbocycles. The lowest BCUT2D eigenvalue weighted by Gasteiger charge is -2.23. The van der Waals surface area contributed by atoms with Gasteiger partial charge in [-0.05, 0) is 204 Å². The zero-order valence-electron chi connectivity index (χ0n) is 40.6. The van der Waals surface area contributed by atoms with Gasteiger partial charge in [0, 0.05) is 10.8 Å². The Morgan fingerprint density at radius 2 is 0.629 bits per heavy atom. The quantitative estimate of drug-likeness (QED) is 0.154. The molecule has 14 rings (SSSR count). The second kappa shape index (κ2) is 14.7. The Morgan fingerprint density at radius 1 is 0.243 bits per heavy atom. The monoisotopic (exact) mass is 892 g/mol. The van der Waals surface area contributed by atoms with Crippen LogP contribution in [0, 0.1) is 13.8 Å². The second-order valence-corrected chi connectivity index (χ2v) is 21.3. The van der Waals surface area contributed by atoms with Crippen molar-refractivity contribution >= 4 is 53.9 Å². The van der Waals surface area contributed by atoms with Gasteiger partial charge in [0.1, 0.15) is 0 Å². The van der Waals surface area contributed by atoms with Crippen molar-refractivity contribution in [1.29, 1.82) is 0 Å². The summed E-state index contributed by atoms with van der Waals surface area (Å²) in [5, 5.41) is 12.8. The van der Waals surface area contributed by atoms with Gasteiger partial charge >= 0.3 is 0 Å². The highest BCUT2D eigenvalue weighted by molar-refractivity contribution is 6.26. The largest absolute Gasteiger partial charge is 0.0619 e. The molecule has 2 aliphatic rings. The van der Waals surface area contributed by atoms with Crippen molar-refractivity contribution in [3.05, 3.63) is 240 Å². The predicted octanol–water partition coefficient (Wildman–Crippen LogP) is 19.4. The minimum absolute atomic E-state index is 0.0388.